The predicted octanol–water partition coefficient (Wildman–Crippen LogP) is 2.07. The normalized spacial score (nSPS) is 27.2. The highest BCUT2D eigenvalue weighted by Gasteiger charge is 2.59. The first-order chi connectivity index (χ1) is 10.1. The highest BCUT2D eigenvalue weighted by atomic mass is 32.2. The fraction of sp³-hybridized carbons (Fsp3) is 0.625. The maximum Gasteiger partial charge on any atom is 0.175 e. The van der Waals surface area contributed by atoms with E-state index in [9.17, 15) is 13.5 Å². The third-order valence-corrected chi connectivity index (χ3v) is 5.89. The van der Waals surface area contributed by atoms with Crippen molar-refractivity contribution in [2.24, 2.45) is 5.41 Å². The van der Waals surface area contributed by atoms with Crippen molar-refractivity contribution < 1.29 is 18.3 Å². The molecule has 1 aliphatic rings. The van der Waals surface area contributed by atoms with Crippen molar-refractivity contribution in [3.8, 4) is 0 Å². The fourth-order valence-electron chi connectivity index (χ4n) is 2.83. The van der Waals surface area contributed by atoms with Gasteiger partial charge < -0.3 is 15.2 Å². The van der Waals surface area contributed by atoms with Gasteiger partial charge in [0.2, 0.25) is 0 Å². The molecule has 0 bridgehead atoms. The lowest BCUT2D eigenvalue weighted by Gasteiger charge is -2.58. The van der Waals surface area contributed by atoms with E-state index in [1.807, 2.05) is 20.8 Å². The highest BCUT2D eigenvalue weighted by molar-refractivity contribution is 7.90. The quantitative estimate of drug-likeness (QED) is 0.836. The van der Waals surface area contributed by atoms with E-state index < -0.39 is 15.4 Å². The second-order valence-electron chi connectivity index (χ2n) is 6.55. The SMILES string of the molecule is CCOC1CC(O)(CNc2ccc(S(C)(=O)=O)cc2)C1(C)C. The molecule has 2 N–H and O–H groups in total. The van der Waals surface area contributed by atoms with Gasteiger partial charge in [0.25, 0.3) is 0 Å². The number of sulfone groups is 1. The molecule has 0 radical (unpaired) electrons. The Morgan fingerprint density at radius 1 is 1.32 bits per heavy atom. The van der Waals surface area contributed by atoms with Crippen molar-refractivity contribution in [1.29, 1.82) is 0 Å². The van der Waals surface area contributed by atoms with E-state index in [1.165, 1.54) is 6.26 Å². The van der Waals surface area contributed by atoms with Crippen molar-refractivity contribution in [3.05, 3.63) is 24.3 Å². The summed E-state index contributed by atoms with van der Waals surface area (Å²) in [7, 11) is -3.18. The molecule has 0 amide bonds. The van der Waals surface area contributed by atoms with Crippen LogP contribution >= 0.6 is 0 Å². The highest BCUT2D eigenvalue weighted by Crippen LogP contribution is 2.51. The van der Waals surface area contributed by atoms with Gasteiger partial charge in [-0.15, -0.1) is 0 Å². The fourth-order valence-corrected chi connectivity index (χ4v) is 3.46. The number of benzene rings is 1. The van der Waals surface area contributed by atoms with Crippen LogP contribution in [0.4, 0.5) is 5.69 Å². The monoisotopic (exact) mass is 327 g/mol. The lowest BCUT2D eigenvalue weighted by molar-refractivity contribution is -0.233. The van der Waals surface area contributed by atoms with E-state index in [0.29, 0.717) is 19.6 Å². The standard InChI is InChI=1S/C16H25NO4S/c1-5-21-14-10-16(18,15(14,2)3)11-17-12-6-8-13(9-7-12)22(4,19)20/h6-9,14,17-18H,5,10-11H2,1-4H3. The molecule has 0 heterocycles. The molecular weight excluding hydrogens is 302 g/mol. The average molecular weight is 327 g/mol. The van der Waals surface area contributed by atoms with E-state index in [2.05, 4.69) is 5.32 Å². The van der Waals surface area contributed by atoms with Crippen molar-refractivity contribution >= 4 is 15.5 Å². The van der Waals surface area contributed by atoms with Crippen LogP contribution in [0, 0.1) is 5.41 Å². The van der Waals surface area contributed by atoms with Crippen molar-refractivity contribution in [2.45, 2.75) is 43.8 Å². The lowest BCUT2D eigenvalue weighted by atomic mass is 9.56. The van der Waals surface area contributed by atoms with Crippen LogP contribution in [0.2, 0.25) is 0 Å². The zero-order chi connectivity index (χ0) is 16.6. The van der Waals surface area contributed by atoms with Gasteiger partial charge in [0.15, 0.2) is 9.84 Å². The van der Waals surface area contributed by atoms with Gasteiger partial charge in [-0.1, -0.05) is 13.8 Å². The predicted molar refractivity (Wildman–Crippen MR) is 86.8 cm³/mol. The molecule has 2 atom stereocenters. The molecule has 1 fully saturated rings. The van der Waals surface area contributed by atoms with Gasteiger partial charge in [0, 0.05) is 36.9 Å². The minimum Gasteiger partial charge on any atom is -0.387 e. The number of ether oxygens (including phenoxy) is 1. The minimum atomic E-state index is -3.18. The minimum absolute atomic E-state index is 0.0666. The van der Waals surface area contributed by atoms with Gasteiger partial charge in [0.1, 0.15) is 0 Å². The van der Waals surface area contributed by atoms with E-state index in [4.69, 9.17) is 4.74 Å². The molecule has 2 rings (SSSR count). The summed E-state index contributed by atoms with van der Waals surface area (Å²) in [4.78, 5) is 0.289. The Balaban J connectivity index is 1.99. The second kappa shape index (κ2) is 5.83. The Morgan fingerprint density at radius 3 is 2.36 bits per heavy atom. The summed E-state index contributed by atoms with van der Waals surface area (Å²) in [6, 6.07) is 6.56. The third-order valence-electron chi connectivity index (χ3n) is 4.76. The number of aliphatic hydroxyl groups is 1. The second-order valence-corrected chi connectivity index (χ2v) is 8.57. The molecule has 1 saturated carbocycles. The molecule has 0 aromatic heterocycles. The maximum absolute atomic E-state index is 11.4. The Hall–Kier alpha value is -1.11. The number of hydrogen-bond acceptors (Lipinski definition) is 5. The first-order valence-corrected chi connectivity index (χ1v) is 9.37. The molecule has 124 valence electrons. The number of hydrogen-bond donors (Lipinski definition) is 2. The van der Waals surface area contributed by atoms with Crippen LogP contribution in [0.15, 0.2) is 29.2 Å². The van der Waals surface area contributed by atoms with E-state index >= 15 is 0 Å². The third kappa shape index (κ3) is 3.14. The molecule has 0 saturated heterocycles. The zero-order valence-corrected chi connectivity index (χ0v) is 14.4. The summed E-state index contributed by atoms with van der Waals surface area (Å²) in [5, 5.41) is 13.9. The Bertz CT molecular complexity index is 624. The molecular formula is C16H25NO4S. The summed E-state index contributed by atoms with van der Waals surface area (Å²) in [5.74, 6) is 0. The van der Waals surface area contributed by atoms with E-state index in [0.717, 1.165) is 5.69 Å². The van der Waals surface area contributed by atoms with Crippen LogP contribution in [0.1, 0.15) is 27.2 Å². The summed E-state index contributed by atoms with van der Waals surface area (Å²) in [6.45, 7) is 7.01. The first-order valence-electron chi connectivity index (χ1n) is 7.48. The smallest absolute Gasteiger partial charge is 0.175 e. The van der Waals surface area contributed by atoms with Crippen LogP contribution in [-0.2, 0) is 14.6 Å². The topological polar surface area (TPSA) is 75.6 Å². The van der Waals surface area contributed by atoms with Crippen LogP contribution in [0.5, 0.6) is 0 Å². The van der Waals surface area contributed by atoms with Crippen molar-refractivity contribution in [1.82, 2.24) is 0 Å². The van der Waals surface area contributed by atoms with Crippen LogP contribution in [0.25, 0.3) is 0 Å². The van der Waals surface area contributed by atoms with Gasteiger partial charge in [-0.05, 0) is 31.2 Å². The summed E-state index contributed by atoms with van der Waals surface area (Å²) < 4.78 is 28.5. The lowest BCUT2D eigenvalue weighted by Crippen LogP contribution is -2.67. The summed E-state index contributed by atoms with van der Waals surface area (Å²) in [5.41, 5.74) is -0.359. The molecule has 1 aliphatic carbocycles. The Morgan fingerprint density at radius 2 is 1.91 bits per heavy atom. The molecule has 2 unspecified atom stereocenters. The number of anilines is 1. The summed E-state index contributed by atoms with van der Waals surface area (Å²) in [6.07, 6.45) is 1.85. The molecule has 5 nitrogen and oxygen atoms in total. The largest absolute Gasteiger partial charge is 0.387 e. The number of rotatable bonds is 6. The Labute approximate surface area is 132 Å². The van der Waals surface area contributed by atoms with Crippen LogP contribution < -0.4 is 5.32 Å². The molecule has 0 aliphatic heterocycles. The molecule has 0 spiro atoms. The van der Waals surface area contributed by atoms with E-state index in [-0.39, 0.29) is 16.4 Å². The van der Waals surface area contributed by atoms with E-state index in [1.54, 1.807) is 24.3 Å². The molecule has 1 aromatic carbocycles. The van der Waals surface area contributed by atoms with Crippen LogP contribution in [0.3, 0.4) is 0 Å². The zero-order valence-electron chi connectivity index (χ0n) is 13.6. The first kappa shape index (κ1) is 17.2. The number of nitrogens with one attached hydrogen (secondary N) is 1. The van der Waals surface area contributed by atoms with Gasteiger partial charge in [-0.2, -0.15) is 0 Å². The van der Waals surface area contributed by atoms with Crippen molar-refractivity contribution in [2.75, 3.05) is 24.7 Å². The van der Waals surface area contributed by atoms with Crippen LogP contribution in [-0.4, -0.2) is 44.6 Å². The van der Waals surface area contributed by atoms with Crippen molar-refractivity contribution in [3.63, 3.8) is 0 Å². The Kier molecular flexibility index (Phi) is 4.57. The van der Waals surface area contributed by atoms with Gasteiger partial charge in [-0.25, -0.2) is 8.42 Å². The maximum atomic E-state index is 11.4. The average Bonchev–Trinajstić information content (AvgIpc) is 2.44. The molecule has 1 aromatic rings. The van der Waals surface area contributed by atoms with Gasteiger partial charge in [-0.3, -0.25) is 0 Å². The molecule has 22 heavy (non-hydrogen) atoms. The van der Waals surface area contributed by atoms with Gasteiger partial charge in [0.05, 0.1) is 16.6 Å². The molecule has 6 heteroatoms. The van der Waals surface area contributed by atoms with Gasteiger partial charge >= 0.3 is 0 Å². The summed E-state index contributed by atoms with van der Waals surface area (Å²) >= 11 is 0.